The summed E-state index contributed by atoms with van der Waals surface area (Å²) in [4.78, 5) is 20.2. The number of nitrogens with zero attached hydrogens (tertiary/aromatic N) is 5. The van der Waals surface area contributed by atoms with Gasteiger partial charge in [-0.05, 0) is 19.8 Å². The molecule has 2 heterocycles. The van der Waals surface area contributed by atoms with E-state index in [-0.39, 0.29) is 17.9 Å². The number of aryl methyl sites for hydroxylation is 1. The van der Waals surface area contributed by atoms with Gasteiger partial charge in [-0.15, -0.1) is 0 Å². The number of carbonyl (C=O) groups excluding carboxylic acids is 1. The van der Waals surface area contributed by atoms with E-state index in [1.807, 2.05) is 6.92 Å². The molecule has 24 heavy (non-hydrogen) atoms. The molecule has 1 saturated heterocycles. The van der Waals surface area contributed by atoms with Crippen molar-refractivity contribution in [3.05, 3.63) is 17.8 Å². The lowest BCUT2D eigenvalue weighted by Gasteiger charge is -2.27. The largest absolute Gasteiger partial charge is 0.444 e. The number of hydrogen-bond acceptors (Lipinski definition) is 6. The molecule has 128 valence electrons. The molecule has 7 heteroatoms. The number of amides is 1. The molecule has 1 aliphatic heterocycles. The maximum absolute atomic E-state index is 12.0. The van der Waals surface area contributed by atoms with Crippen LogP contribution >= 0.6 is 0 Å². The average molecular weight is 329 g/mol. The number of aromatic nitrogens is 1. The Hall–Kier alpha value is -2.38. The molecule has 0 saturated carbocycles. The normalized spacial score (nSPS) is 18.8. The number of nitriles is 2. The van der Waals surface area contributed by atoms with Crippen molar-refractivity contribution in [2.45, 2.75) is 45.7 Å². The van der Waals surface area contributed by atoms with Gasteiger partial charge in [-0.25, -0.2) is 4.98 Å². The van der Waals surface area contributed by atoms with Gasteiger partial charge in [0.25, 0.3) is 0 Å². The summed E-state index contributed by atoms with van der Waals surface area (Å²) in [6.07, 6.45) is 3.52. The molecule has 0 N–H and O–H groups in total. The zero-order valence-corrected chi connectivity index (χ0v) is 14.2. The van der Waals surface area contributed by atoms with Crippen LogP contribution in [0.2, 0.25) is 0 Å². The summed E-state index contributed by atoms with van der Waals surface area (Å²) >= 11 is 0. The monoisotopic (exact) mass is 329 g/mol. The molecule has 0 spiro atoms. The zero-order valence-electron chi connectivity index (χ0n) is 14.2. The molecule has 1 fully saturated rings. The first-order valence-electron chi connectivity index (χ1n) is 8.21. The molecule has 2 atom stereocenters. The Morgan fingerprint density at radius 1 is 1.58 bits per heavy atom. The Labute approximate surface area is 142 Å². The molecule has 0 bridgehead atoms. The number of likely N-dealkylation sites (tertiary alicyclic amines) is 1. The highest BCUT2D eigenvalue weighted by Gasteiger charge is 2.31. The first-order valence-corrected chi connectivity index (χ1v) is 8.21. The Morgan fingerprint density at radius 3 is 2.96 bits per heavy atom. The summed E-state index contributed by atoms with van der Waals surface area (Å²) in [6.45, 7) is 6.00. The molecular formula is C17H23N5O2. The van der Waals surface area contributed by atoms with E-state index >= 15 is 0 Å². The Kier molecular flexibility index (Phi) is 6.34. The smallest absolute Gasteiger partial charge is 0.220 e. The predicted molar refractivity (Wildman–Crippen MR) is 86.3 cm³/mol. The molecule has 1 aromatic heterocycles. The van der Waals surface area contributed by atoms with Crippen molar-refractivity contribution < 1.29 is 9.21 Å². The van der Waals surface area contributed by atoms with Crippen LogP contribution in [0.4, 0.5) is 0 Å². The van der Waals surface area contributed by atoms with Crippen molar-refractivity contribution in [2.75, 3.05) is 19.6 Å². The second-order valence-electron chi connectivity index (χ2n) is 6.24. The quantitative estimate of drug-likeness (QED) is 0.757. The molecule has 1 aromatic rings. The summed E-state index contributed by atoms with van der Waals surface area (Å²) in [5, 5.41) is 17.9. The van der Waals surface area contributed by atoms with Gasteiger partial charge in [-0.1, -0.05) is 0 Å². The molecular weight excluding hydrogens is 306 g/mol. The van der Waals surface area contributed by atoms with E-state index in [9.17, 15) is 10.1 Å². The first kappa shape index (κ1) is 18.0. The molecule has 0 radical (unpaired) electrons. The number of carbonyl (C=O) groups is 1. The minimum Gasteiger partial charge on any atom is -0.444 e. The van der Waals surface area contributed by atoms with Gasteiger partial charge in [0.05, 0.1) is 30.8 Å². The Morgan fingerprint density at radius 2 is 2.38 bits per heavy atom. The van der Waals surface area contributed by atoms with E-state index in [0.29, 0.717) is 31.8 Å². The standard InChI is InChI=1S/C17H23N5O2/c1-13-9-20-17(24-13)12-22(14(2)23)16-5-7-21(11-16)10-15(8-19)4-3-6-18/h9,15-16H,3-5,7,10-12H2,1-2H3/t15-,16+/m1/s1. The SMILES string of the molecule is CC(=O)N(Cc1ncc(C)o1)[C@H]1CCN(C[C@@H](C#N)CCC#N)C1. The van der Waals surface area contributed by atoms with Crippen LogP contribution in [0.15, 0.2) is 10.6 Å². The highest BCUT2D eigenvalue weighted by Crippen LogP contribution is 2.20. The minimum atomic E-state index is -0.136. The van der Waals surface area contributed by atoms with Crippen molar-refractivity contribution in [1.29, 1.82) is 10.5 Å². The third kappa shape index (κ3) is 4.81. The Bertz CT molecular complexity index is 642. The number of rotatable bonds is 7. The average Bonchev–Trinajstić information content (AvgIpc) is 3.17. The number of oxazole rings is 1. The van der Waals surface area contributed by atoms with Gasteiger partial charge in [-0.2, -0.15) is 10.5 Å². The predicted octanol–water partition coefficient (Wildman–Crippen LogP) is 1.85. The topological polar surface area (TPSA) is 97.2 Å². The van der Waals surface area contributed by atoms with Crippen LogP contribution in [0, 0.1) is 35.5 Å². The molecule has 0 aliphatic carbocycles. The third-order valence-electron chi connectivity index (χ3n) is 4.33. The molecule has 7 nitrogen and oxygen atoms in total. The molecule has 2 rings (SSSR count). The van der Waals surface area contributed by atoms with Crippen molar-refractivity contribution in [1.82, 2.24) is 14.8 Å². The molecule has 1 aliphatic rings. The summed E-state index contributed by atoms with van der Waals surface area (Å²) in [6, 6.07) is 4.47. The van der Waals surface area contributed by atoms with E-state index in [2.05, 4.69) is 22.0 Å². The summed E-state index contributed by atoms with van der Waals surface area (Å²) in [5.41, 5.74) is 0. The van der Waals surface area contributed by atoms with Crippen LogP contribution in [0.5, 0.6) is 0 Å². The van der Waals surface area contributed by atoms with E-state index < -0.39 is 0 Å². The minimum absolute atomic E-state index is 0.000910. The summed E-state index contributed by atoms with van der Waals surface area (Å²) in [5.74, 6) is 1.14. The van der Waals surface area contributed by atoms with Crippen molar-refractivity contribution in [2.24, 2.45) is 5.92 Å². The van der Waals surface area contributed by atoms with Gasteiger partial charge in [-0.3, -0.25) is 9.69 Å². The van der Waals surface area contributed by atoms with E-state index in [4.69, 9.17) is 9.68 Å². The lowest BCUT2D eigenvalue weighted by molar-refractivity contribution is -0.132. The molecule has 0 unspecified atom stereocenters. The molecule has 0 aromatic carbocycles. The van der Waals surface area contributed by atoms with Crippen molar-refractivity contribution in [3.8, 4) is 12.1 Å². The van der Waals surface area contributed by atoms with E-state index in [0.717, 1.165) is 25.3 Å². The van der Waals surface area contributed by atoms with Crippen LogP contribution in [0.1, 0.15) is 37.8 Å². The zero-order chi connectivity index (χ0) is 17.5. The van der Waals surface area contributed by atoms with Crippen LogP contribution in [-0.2, 0) is 11.3 Å². The van der Waals surface area contributed by atoms with E-state index in [1.54, 1.807) is 18.0 Å². The van der Waals surface area contributed by atoms with E-state index in [1.165, 1.54) is 0 Å². The number of hydrogen-bond donors (Lipinski definition) is 0. The van der Waals surface area contributed by atoms with Gasteiger partial charge in [0.15, 0.2) is 0 Å². The van der Waals surface area contributed by atoms with Gasteiger partial charge < -0.3 is 9.32 Å². The second-order valence-corrected chi connectivity index (χ2v) is 6.24. The highest BCUT2D eigenvalue weighted by atomic mass is 16.4. The van der Waals surface area contributed by atoms with Crippen molar-refractivity contribution >= 4 is 5.91 Å². The maximum atomic E-state index is 12.0. The fourth-order valence-corrected chi connectivity index (χ4v) is 3.10. The maximum Gasteiger partial charge on any atom is 0.220 e. The van der Waals surface area contributed by atoms with Crippen LogP contribution in [0.25, 0.3) is 0 Å². The first-order chi connectivity index (χ1) is 11.5. The fourth-order valence-electron chi connectivity index (χ4n) is 3.10. The van der Waals surface area contributed by atoms with Gasteiger partial charge in [0.2, 0.25) is 11.8 Å². The van der Waals surface area contributed by atoms with Gasteiger partial charge in [0.1, 0.15) is 5.76 Å². The lowest BCUT2D eigenvalue weighted by atomic mass is 10.1. The molecule has 1 amide bonds. The highest BCUT2D eigenvalue weighted by molar-refractivity contribution is 5.73. The van der Waals surface area contributed by atoms with Crippen LogP contribution < -0.4 is 0 Å². The van der Waals surface area contributed by atoms with Gasteiger partial charge >= 0.3 is 0 Å². The van der Waals surface area contributed by atoms with Gasteiger partial charge in [0, 0.05) is 39.0 Å². The van der Waals surface area contributed by atoms with Crippen LogP contribution in [0.3, 0.4) is 0 Å². The Balaban J connectivity index is 1.92. The van der Waals surface area contributed by atoms with Crippen molar-refractivity contribution in [3.63, 3.8) is 0 Å². The summed E-state index contributed by atoms with van der Waals surface area (Å²) < 4.78 is 5.48. The fraction of sp³-hybridized carbons (Fsp3) is 0.647. The third-order valence-corrected chi connectivity index (χ3v) is 4.33. The second kappa shape index (κ2) is 8.47. The lowest BCUT2D eigenvalue weighted by Crippen LogP contribution is -2.40. The summed E-state index contributed by atoms with van der Waals surface area (Å²) in [7, 11) is 0. The van der Waals surface area contributed by atoms with Crippen LogP contribution in [-0.4, -0.2) is 46.4 Å².